The maximum atomic E-state index is 12.6. The van der Waals surface area contributed by atoms with Crippen LogP contribution in [-0.4, -0.2) is 35.2 Å². The second-order valence-corrected chi connectivity index (χ2v) is 9.45. The molecule has 2 aromatic heterocycles. The van der Waals surface area contributed by atoms with Gasteiger partial charge >= 0.3 is 6.09 Å². The summed E-state index contributed by atoms with van der Waals surface area (Å²) in [5.74, 6) is 0.396. The number of fused-ring (bicyclic) bond motifs is 1. The van der Waals surface area contributed by atoms with E-state index < -0.39 is 21.5 Å². The number of anilines is 1. The number of sulfone groups is 1. The fraction of sp³-hybridized carbons (Fsp3) is 0.529. The van der Waals surface area contributed by atoms with Crippen LogP contribution in [0.4, 0.5) is 10.6 Å². The van der Waals surface area contributed by atoms with Crippen LogP contribution < -0.4 is 5.32 Å². The molecule has 2 aromatic rings. The summed E-state index contributed by atoms with van der Waals surface area (Å²) in [7, 11) is -3.59. The van der Waals surface area contributed by atoms with Crippen molar-refractivity contribution in [3.63, 3.8) is 0 Å². The fourth-order valence-corrected chi connectivity index (χ4v) is 3.72. The molecule has 1 saturated carbocycles. The molecule has 3 rings (SSSR count). The van der Waals surface area contributed by atoms with Crippen LogP contribution in [0.5, 0.6) is 0 Å². The summed E-state index contributed by atoms with van der Waals surface area (Å²) in [5.41, 5.74) is 0.871. The summed E-state index contributed by atoms with van der Waals surface area (Å²) in [4.78, 5) is 16.4. The Morgan fingerprint density at radius 2 is 2.08 bits per heavy atom. The van der Waals surface area contributed by atoms with Gasteiger partial charge in [0.25, 0.3) is 0 Å². The molecule has 0 spiro atoms. The van der Waals surface area contributed by atoms with E-state index in [-0.39, 0.29) is 18.0 Å². The second kappa shape index (κ2) is 6.01. The summed E-state index contributed by atoms with van der Waals surface area (Å²) < 4.78 is 32.0. The standard InChI is InChI=1S/C17H23N3O4S.H2/c1-5-25(22,23)15-14(19-16(21)24-17(2,3)4)18-13-9-8-12(10-20(13)15)11-6-7-11;/h8-11H,5-7H2,1-4H3,(H,19,21);1H. The van der Waals surface area contributed by atoms with Crippen molar-refractivity contribution >= 4 is 27.4 Å². The molecule has 0 atom stereocenters. The van der Waals surface area contributed by atoms with E-state index in [9.17, 15) is 13.2 Å². The first-order chi connectivity index (χ1) is 11.6. The molecule has 0 aliphatic heterocycles. The van der Waals surface area contributed by atoms with Gasteiger partial charge in [-0.15, -0.1) is 0 Å². The first-order valence-electron chi connectivity index (χ1n) is 8.35. The van der Waals surface area contributed by atoms with E-state index in [1.165, 1.54) is 0 Å². The number of carbonyl (C=O) groups is 1. The van der Waals surface area contributed by atoms with Gasteiger partial charge in [0.15, 0.2) is 20.7 Å². The predicted octanol–water partition coefficient (Wildman–Crippen LogP) is 3.60. The zero-order valence-corrected chi connectivity index (χ0v) is 15.7. The third kappa shape index (κ3) is 3.78. The molecule has 1 amide bonds. The van der Waals surface area contributed by atoms with Crippen LogP contribution in [0, 0.1) is 0 Å². The minimum absolute atomic E-state index is 0. The molecular weight excluding hydrogens is 342 g/mol. The molecule has 1 aliphatic rings. The normalized spacial score (nSPS) is 15.4. The van der Waals surface area contributed by atoms with Crippen LogP contribution in [0.1, 0.15) is 53.4 Å². The van der Waals surface area contributed by atoms with E-state index in [1.807, 2.05) is 12.3 Å². The zero-order chi connectivity index (χ0) is 18.4. The molecule has 0 radical (unpaired) electrons. The van der Waals surface area contributed by atoms with Gasteiger partial charge in [-0.05, 0) is 51.2 Å². The van der Waals surface area contributed by atoms with Crippen molar-refractivity contribution in [1.82, 2.24) is 9.38 Å². The number of amides is 1. The average Bonchev–Trinajstić information content (AvgIpc) is 3.26. The molecule has 0 aromatic carbocycles. The molecule has 1 fully saturated rings. The molecule has 0 bridgehead atoms. The van der Waals surface area contributed by atoms with E-state index >= 15 is 0 Å². The largest absolute Gasteiger partial charge is 0.444 e. The fourth-order valence-electron chi connectivity index (χ4n) is 2.61. The number of ether oxygens (including phenoxy) is 1. The van der Waals surface area contributed by atoms with Gasteiger partial charge in [0.2, 0.25) is 0 Å². The SMILES string of the molecule is CCS(=O)(=O)c1c(NC(=O)OC(C)(C)C)nc2ccc(C3CC3)cn12.[HH]. The Labute approximate surface area is 148 Å². The van der Waals surface area contributed by atoms with Crippen molar-refractivity contribution in [3.05, 3.63) is 23.9 Å². The minimum Gasteiger partial charge on any atom is -0.444 e. The van der Waals surface area contributed by atoms with Crippen LogP contribution in [-0.2, 0) is 14.6 Å². The van der Waals surface area contributed by atoms with Crippen molar-refractivity contribution in [2.45, 2.75) is 57.1 Å². The topological polar surface area (TPSA) is 89.8 Å². The van der Waals surface area contributed by atoms with Crippen molar-refractivity contribution < 1.29 is 19.4 Å². The number of nitrogens with zero attached hydrogens (tertiary/aromatic N) is 2. The molecule has 7 nitrogen and oxygen atoms in total. The first kappa shape index (κ1) is 17.7. The zero-order valence-electron chi connectivity index (χ0n) is 14.9. The highest BCUT2D eigenvalue weighted by molar-refractivity contribution is 7.91. The Morgan fingerprint density at radius 1 is 1.40 bits per heavy atom. The lowest BCUT2D eigenvalue weighted by Crippen LogP contribution is -2.28. The van der Waals surface area contributed by atoms with Crippen molar-refractivity contribution in [1.29, 1.82) is 0 Å². The van der Waals surface area contributed by atoms with E-state index in [0.717, 1.165) is 18.4 Å². The lowest BCUT2D eigenvalue weighted by Gasteiger charge is -2.19. The van der Waals surface area contributed by atoms with Crippen molar-refractivity contribution in [2.75, 3.05) is 11.1 Å². The number of hydrogen-bond acceptors (Lipinski definition) is 5. The molecule has 25 heavy (non-hydrogen) atoms. The first-order valence-corrected chi connectivity index (χ1v) is 10.0. The quantitative estimate of drug-likeness (QED) is 0.892. The molecule has 138 valence electrons. The van der Waals surface area contributed by atoms with E-state index in [0.29, 0.717) is 11.6 Å². The van der Waals surface area contributed by atoms with E-state index in [4.69, 9.17) is 4.74 Å². The van der Waals surface area contributed by atoms with Gasteiger partial charge in [-0.2, -0.15) is 0 Å². The Morgan fingerprint density at radius 3 is 2.64 bits per heavy atom. The maximum absolute atomic E-state index is 12.6. The highest BCUT2D eigenvalue weighted by Gasteiger charge is 2.29. The monoisotopic (exact) mass is 367 g/mol. The summed E-state index contributed by atoms with van der Waals surface area (Å²) in [5, 5.41) is 2.49. The minimum atomic E-state index is -3.59. The number of imidazole rings is 1. The summed E-state index contributed by atoms with van der Waals surface area (Å²) in [6.07, 6.45) is 3.30. The smallest absolute Gasteiger partial charge is 0.413 e. The molecule has 8 heteroatoms. The molecule has 0 saturated heterocycles. The number of aromatic nitrogens is 2. The van der Waals surface area contributed by atoms with Crippen LogP contribution in [0.15, 0.2) is 23.4 Å². The van der Waals surface area contributed by atoms with Crippen LogP contribution >= 0.6 is 0 Å². The molecule has 0 unspecified atom stereocenters. The van der Waals surface area contributed by atoms with Gasteiger partial charge in [0.1, 0.15) is 11.2 Å². The van der Waals surface area contributed by atoms with Crippen LogP contribution in [0.25, 0.3) is 5.65 Å². The van der Waals surface area contributed by atoms with Gasteiger partial charge in [0.05, 0.1) is 5.75 Å². The Balaban J connectivity index is 0.00000243. The maximum Gasteiger partial charge on any atom is 0.413 e. The number of carbonyl (C=O) groups excluding carboxylic acids is 1. The average molecular weight is 367 g/mol. The number of pyridine rings is 1. The van der Waals surface area contributed by atoms with Crippen LogP contribution in [0.2, 0.25) is 0 Å². The molecule has 1 aliphatic carbocycles. The van der Waals surface area contributed by atoms with Gasteiger partial charge in [-0.1, -0.05) is 13.0 Å². The van der Waals surface area contributed by atoms with Gasteiger partial charge in [-0.25, -0.2) is 18.2 Å². The van der Waals surface area contributed by atoms with Crippen LogP contribution in [0.3, 0.4) is 0 Å². The van der Waals surface area contributed by atoms with E-state index in [2.05, 4.69) is 10.3 Å². The highest BCUT2D eigenvalue weighted by atomic mass is 32.2. The molecular formula is C17H25N3O4S. The third-order valence-corrected chi connectivity index (χ3v) is 5.68. The Kier molecular flexibility index (Phi) is 4.26. The summed E-state index contributed by atoms with van der Waals surface area (Å²) >= 11 is 0. The van der Waals surface area contributed by atoms with Crippen molar-refractivity contribution in [3.8, 4) is 0 Å². The molecule has 1 N–H and O–H groups in total. The number of nitrogens with one attached hydrogen (secondary N) is 1. The predicted molar refractivity (Wildman–Crippen MR) is 96.9 cm³/mol. The van der Waals surface area contributed by atoms with Gasteiger partial charge < -0.3 is 4.74 Å². The number of hydrogen-bond donors (Lipinski definition) is 1. The summed E-state index contributed by atoms with van der Waals surface area (Å²) in [6, 6.07) is 3.74. The van der Waals surface area contributed by atoms with Gasteiger partial charge in [-0.3, -0.25) is 9.72 Å². The lowest BCUT2D eigenvalue weighted by atomic mass is 10.2. The lowest BCUT2D eigenvalue weighted by molar-refractivity contribution is 0.0635. The van der Waals surface area contributed by atoms with E-state index in [1.54, 1.807) is 38.2 Å². The second-order valence-electron chi connectivity index (χ2n) is 7.26. The Bertz CT molecular complexity index is 927. The van der Waals surface area contributed by atoms with Crippen molar-refractivity contribution in [2.24, 2.45) is 0 Å². The Hall–Kier alpha value is -2.09. The highest BCUT2D eigenvalue weighted by Crippen LogP contribution is 2.40. The molecule has 2 heterocycles. The summed E-state index contributed by atoms with van der Waals surface area (Å²) in [6.45, 7) is 6.78. The number of rotatable bonds is 4. The van der Waals surface area contributed by atoms with Gasteiger partial charge in [0, 0.05) is 7.62 Å². The third-order valence-electron chi connectivity index (χ3n) is 3.94.